The van der Waals surface area contributed by atoms with Crippen molar-refractivity contribution in [1.29, 1.82) is 0 Å². The summed E-state index contributed by atoms with van der Waals surface area (Å²) < 4.78 is 5.41. The maximum absolute atomic E-state index is 12.1. The van der Waals surface area contributed by atoms with Gasteiger partial charge in [0.25, 0.3) is 0 Å². The molecule has 1 aromatic carbocycles. The number of carbonyl (C=O) groups is 2. The van der Waals surface area contributed by atoms with Crippen LogP contribution in [0.1, 0.15) is 6.42 Å². The minimum atomic E-state index is -0.280. The Bertz CT molecular complexity index is 582. The minimum absolute atomic E-state index is 0.0734. The number of hydrogen-bond acceptors (Lipinski definition) is 5. The van der Waals surface area contributed by atoms with Crippen LogP contribution in [0.2, 0.25) is 0 Å². The van der Waals surface area contributed by atoms with Crippen molar-refractivity contribution in [2.24, 2.45) is 0 Å². The highest BCUT2D eigenvalue weighted by molar-refractivity contribution is 6.05. The standard InChI is InChI=1S/C16H21N3O3/c1-17-15(20)11-13(16(17)21)19-9-7-18(8-10-19)12-5-3-4-6-14(12)22-2/h3-6,13H,7-11H2,1-2H3/t13-/m1/s1. The van der Waals surface area contributed by atoms with Crippen molar-refractivity contribution >= 4 is 17.5 Å². The molecule has 1 aromatic rings. The van der Waals surface area contributed by atoms with E-state index in [0.717, 1.165) is 37.6 Å². The van der Waals surface area contributed by atoms with E-state index < -0.39 is 0 Å². The van der Waals surface area contributed by atoms with Crippen molar-refractivity contribution in [3.05, 3.63) is 24.3 Å². The third-order valence-corrected chi connectivity index (χ3v) is 4.54. The van der Waals surface area contributed by atoms with Crippen molar-refractivity contribution in [1.82, 2.24) is 9.80 Å². The highest BCUT2D eigenvalue weighted by Gasteiger charge is 2.40. The number of anilines is 1. The van der Waals surface area contributed by atoms with Gasteiger partial charge in [-0.3, -0.25) is 19.4 Å². The summed E-state index contributed by atoms with van der Waals surface area (Å²) >= 11 is 0. The molecule has 0 spiro atoms. The maximum atomic E-state index is 12.1. The topological polar surface area (TPSA) is 53.1 Å². The Balaban J connectivity index is 1.66. The summed E-state index contributed by atoms with van der Waals surface area (Å²) in [6.45, 7) is 3.19. The molecule has 6 nitrogen and oxygen atoms in total. The summed E-state index contributed by atoms with van der Waals surface area (Å²) in [5, 5.41) is 0. The van der Waals surface area contributed by atoms with E-state index in [-0.39, 0.29) is 17.9 Å². The number of methoxy groups -OCH3 is 1. The van der Waals surface area contributed by atoms with Crippen molar-refractivity contribution in [3.8, 4) is 5.75 Å². The van der Waals surface area contributed by atoms with E-state index >= 15 is 0 Å². The van der Waals surface area contributed by atoms with Crippen LogP contribution in [0.4, 0.5) is 5.69 Å². The largest absolute Gasteiger partial charge is 0.495 e. The molecule has 2 aliphatic heterocycles. The third kappa shape index (κ3) is 2.54. The molecule has 2 aliphatic rings. The van der Waals surface area contributed by atoms with E-state index in [1.165, 1.54) is 4.90 Å². The highest BCUT2D eigenvalue weighted by Crippen LogP contribution is 2.29. The number of imide groups is 1. The fourth-order valence-electron chi connectivity index (χ4n) is 3.19. The van der Waals surface area contributed by atoms with Crippen molar-refractivity contribution in [2.45, 2.75) is 12.5 Å². The number of piperazine rings is 1. The Morgan fingerprint density at radius 2 is 1.77 bits per heavy atom. The molecule has 1 atom stereocenters. The van der Waals surface area contributed by atoms with Gasteiger partial charge in [0.1, 0.15) is 5.75 Å². The van der Waals surface area contributed by atoms with Gasteiger partial charge in [0.2, 0.25) is 11.8 Å². The minimum Gasteiger partial charge on any atom is -0.495 e. The summed E-state index contributed by atoms with van der Waals surface area (Å²) in [5.74, 6) is 0.709. The van der Waals surface area contributed by atoms with E-state index in [4.69, 9.17) is 4.74 Å². The van der Waals surface area contributed by atoms with Gasteiger partial charge in [-0.15, -0.1) is 0 Å². The second-order valence-electron chi connectivity index (χ2n) is 5.71. The van der Waals surface area contributed by atoms with Gasteiger partial charge in [0.05, 0.1) is 25.3 Å². The molecule has 6 heteroatoms. The molecule has 0 N–H and O–H groups in total. The zero-order valence-electron chi connectivity index (χ0n) is 13.0. The molecule has 118 valence electrons. The lowest BCUT2D eigenvalue weighted by molar-refractivity contribution is -0.138. The monoisotopic (exact) mass is 303 g/mol. The van der Waals surface area contributed by atoms with Crippen molar-refractivity contribution in [2.75, 3.05) is 45.2 Å². The number of amides is 2. The van der Waals surface area contributed by atoms with Gasteiger partial charge in [0.15, 0.2) is 0 Å². The first-order valence-corrected chi connectivity index (χ1v) is 7.54. The highest BCUT2D eigenvalue weighted by atomic mass is 16.5. The van der Waals surface area contributed by atoms with Crippen LogP contribution in [0.15, 0.2) is 24.3 Å². The van der Waals surface area contributed by atoms with E-state index in [2.05, 4.69) is 9.80 Å². The number of rotatable bonds is 3. The molecule has 0 unspecified atom stereocenters. The van der Waals surface area contributed by atoms with Crippen molar-refractivity contribution < 1.29 is 14.3 Å². The molecule has 0 radical (unpaired) electrons. The first-order valence-electron chi connectivity index (χ1n) is 7.54. The lowest BCUT2D eigenvalue weighted by atomic mass is 10.1. The van der Waals surface area contributed by atoms with E-state index in [9.17, 15) is 9.59 Å². The molecule has 2 amide bonds. The quantitative estimate of drug-likeness (QED) is 0.764. The molecule has 0 aliphatic carbocycles. The van der Waals surface area contributed by atoms with Crippen LogP contribution in [0.25, 0.3) is 0 Å². The van der Waals surface area contributed by atoms with Crippen LogP contribution in [-0.4, -0.2) is 68.0 Å². The first kappa shape index (κ1) is 14.8. The molecule has 3 rings (SSSR count). The van der Waals surface area contributed by atoms with Gasteiger partial charge >= 0.3 is 0 Å². The maximum Gasteiger partial charge on any atom is 0.246 e. The SMILES string of the molecule is COc1ccccc1N1CCN([C@@H]2CC(=O)N(C)C2=O)CC1. The Hall–Kier alpha value is -2.08. The summed E-state index contributed by atoms with van der Waals surface area (Å²) in [6, 6.07) is 7.68. The van der Waals surface area contributed by atoms with Crippen LogP contribution in [0.5, 0.6) is 5.75 Å². The average Bonchev–Trinajstić information content (AvgIpc) is 2.82. The fraction of sp³-hybridized carbons (Fsp3) is 0.500. The zero-order chi connectivity index (χ0) is 15.7. The predicted molar refractivity (Wildman–Crippen MR) is 83.0 cm³/mol. The molecule has 2 heterocycles. The summed E-state index contributed by atoms with van der Waals surface area (Å²) in [7, 11) is 3.24. The predicted octanol–water partition coefficient (Wildman–Crippen LogP) is 0.574. The molecule has 0 bridgehead atoms. The number of ether oxygens (including phenoxy) is 1. The number of nitrogens with zero attached hydrogens (tertiary/aromatic N) is 3. The number of carbonyl (C=O) groups excluding carboxylic acids is 2. The van der Waals surface area contributed by atoms with Gasteiger partial charge < -0.3 is 9.64 Å². The van der Waals surface area contributed by atoms with Crippen LogP contribution < -0.4 is 9.64 Å². The Morgan fingerprint density at radius 3 is 2.36 bits per heavy atom. The Morgan fingerprint density at radius 1 is 1.09 bits per heavy atom. The van der Waals surface area contributed by atoms with Gasteiger partial charge in [-0.05, 0) is 12.1 Å². The number of benzene rings is 1. The van der Waals surface area contributed by atoms with E-state index in [0.29, 0.717) is 6.42 Å². The number of para-hydroxylation sites is 2. The molecular formula is C16H21N3O3. The van der Waals surface area contributed by atoms with Gasteiger partial charge in [-0.2, -0.15) is 0 Å². The molecule has 0 aromatic heterocycles. The Labute approximate surface area is 130 Å². The lowest BCUT2D eigenvalue weighted by Crippen LogP contribution is -2.52. The molecular weight excluding hydrogens is 282 g/mol. The van der Waals surface area contributed by atoms with Crippen LogP contribution in [0, 0.1) is 0 Å². The number of likely N-dealkylation sites (tertiary alicyclic amines) is 1. The van der Waals surface area contributed by atoms with Gasteiger partial charge in [-0.25, -0.2) is 0 Å². The van der Waals surface area contributed by atoms with E-state index in [1.807, 2.05) is 24.3 Å². The molecule has 0 saturated carbocycles. The second kappa shape index (κ2) is 5.96. The number of hydrogen-bond donors (Lipinski definition) is 0. The van der Waals surface area contributed by atoms with Crippen LogP contribution in [0.3, 0.4) is 0 Å². The average molecular weight is 303 g/mol. The smallest absolute Gasteiger partial charge is 0.246 e. The van der Waals surface area contributed by atoms with E-state index in [1.54, 1.807) is 14.2 Å². The second-order valence-corrected chi connectivity index (χ2v) is 5.71. The first-order chi connectivity index (χ1) is 10.6. The number of likely N-dealkylation sites (N-methyl/N-ethyl adjacent to an activating group) is 1. The normalized spacial score (nSPS) is 23.3. The Kier molecular flexibility index (Phi) is 4.02. The zero-order valence-corrected chi connectivity index (χ0v) is 13.0. The lowest BCUT2D eigenvalue weighted by Gasteiger charge is -2.38. The third-order valence-electron chi connectivity index (χ3n) is 4.54. The molecule has 2 saturated heterocycles. The fourth-order valence-corrected chi connectivity index (χ4v) is 3.19. The van der Waals surface area contributed by atoms with Gasteiger partial charge in [-0.1, -0.05) is 12.1 Å². The summed E-state index contributed by atoms with van der Waals surface area (Å²) in [6.07, 6.45) is 0.310. The van der Waals surface area contributed by atoms with Crippen LogP contribution in [-0.2, 0) is 9.59 Å². The summed E-state index contributed by atoms with van der Waals surface area (Å²) in [4.78, 5) is 29.4. The van der Waals surface area contributed by atoms with Gasteiger partial charge in [0, 0.05) is 33.2 Å². The summed E-state index contributed by atoms with van der Waals surface area (Å²) in [5.41, 5.74) is 1.08. The molecule has 2 fully saturated rings. The molecule has 22 heavy (non-hydrogen) atoms. The van der Waals surface area contributed by atoms with Crippen molar-refractivity contribution in [3.63, 3.8) is 0 Å². The van der Waals surface area contributed by atoms with Crippen LogP contribution >= 0.6 is 0 Å².